The summed E-state index contributed by atoms with van der Waals surface area (Å²) in [7, 11) is 0. The van der Waals surface area contributed by atoms with Crippen LogP contribution in [0.1, 0.15) is 26.2 Å². The molecule has 0 saturated heterocycles. The fourth-order valence-corrected chi connectivity index (χ4v) is 0.362. The van der Waals surface area contributed by atoms with E-state index in [2.05, 4.69) is 6.92 Å². The standard InChI is InChI=1S/C5H12O.ClH.Co.6H2O/c1-2-3-4-5-6;;;;;;;;/h6H,2-5H2,1H3;1H;;6*1H2. The zero-order valence-corrected chi connectivity index (χ0v) is 9.87. The van der Waals surface area contributed by atoms with Gasteiger partial charge in [0.15, 0.2) is 0 Å². The Balaban J connectivity index is -0.00000000446. The van der Waals surface area contributed by atoms with Crippen LogP contribution in [0.2, 0.25) is 0 Å². The van der Waals surface area contributed by atoms with Crippen LogP contribution in [0.3, 0.4) is 0 Å². The summed E-state index contributed by atoms with van der Waals surface area (Å²) in [6.07, 6.45) is 3.33. The quantitative estimate of drug-likeness (QED) is 0.518. The van der Waals surface area contributed by atoms with Gasteiger partial charge in [-0.25, -0.2) is 0 Å². The third-order valence-electron chi connectivity index (χ3n) is 0.762. The molecule has 0 aromatic rings. The Morgan fingerprint density at radius 1 is 0.786 bits per heavy atom. The second-order valence-electron chi connectivity index (χ2n) is 1.43. The van der Waals surface area contributed by atoms with Crippen LogP contribution in [0, 0.1) is 0 Å². The van der Waals surface area contributed by atoms with Crippen LogP contribution in [0.4, 0.5) is 0 Å². The van der Waals surface area contributed by atoms with E-state index in [1.165, 1.54) is 6.42 Å². The van der Waals surface area contributed by atoms with Crippen molar-refractivity contribution in [3.05, 3.63) is 0 Å². The van der Waals surface area contributed by atoms with Gasteiger partial charge in [0, 0.05) is 23.4 Å². The van der Waals surface area contributed by atoms with Crippen molar-refractivity contribution < 1.29 is 54.7 Å². The molecule has 0 saturated carbocycles. The number of hydrogen-bond acceptors (Lipinski definition) is 1. The molecule has 7 nitrogen and oxygen atoms in total. The molecule has 0 aromatic heterocycles. The van der Waals surface area contributed by atoms with Crippen molar-refractivity contribution >= 4 is 12.4 Å². The van der Waals surface area contributed by atoms with Crippen LogP contribution in [0.15, 0.2) is 0 Å². The molecule has 0 spiro atoms. The Hall–Kier alpha value is 0.516. The van der Waals surface area contributed by atoms with Gasteiger partial charge in [-0.15, -0.1) is 12.4 Å². The van der Waals surface area contributed by atoms with Gasteiger partial charge in [0.2, 0.25) is 0 Å². The van der Waals surface area contributed by atoms with Crippen molar-refractivity contribution in [3.8, 4) is 0 Å². The smallest absolute Gasteiger partial charge is 0.0431 e. The summed E-state index contributed by atoms with van der Waals surface area (Å²) >= 11 is 0. The topological polar surface area (TPSA) is 209 Å². The van der Waals surface area contributed by atoms with Gasteiger partial charge in [0.25, 0.3) is 0 Å². The molecule has 0 amide bonds. The minimum Gasteiger partial charge on any atom is -0.412 e. The van der Waals surface area contributed by atoms with Crippen LogP contribution in [0.5, 0.6) is 0 Å². The molecule has 0 heterocycles. The molecule has 0 aliphatic rings. The Bertz CT molecular complexity index is 34.0. The maximum absolute atomic E-state index is 8.20. The monoisotopic (exact) mass is 291 g/mol. The summed E-state index contributed by atoms with van der Waals surface area (Å²) in [5.74, 6) is 0. The Morgan fingerprint density at radius 3 is 1.14 bits per heavy atom. The minimum atomic E-state index is 0. The third-order valence-corrected chi connectivity index (χ3v) is 0.762. The molecule has 0 aromatic carbocycles. The summed E-state index contributed by atoms with van der Waals surface area (Å²) < 4.78 is 0. The largest absolute Gasteiger partial charge is 0.412 e. The summed E-state index contributed by atoms with van der Waals surface area (Å²) in [4.78, 5) is 0. The second-order valence-corrected chi connectivity index (χ2v) is 1.43. The van der Waals surface area contributed by atoms with Gasteiger partial charge >= 0.3 is 0 Å². The van der Waals surface area contributed by atoms with E-state index >= 15 is 0 Å². The molecule has 1 radical (unpaired) electrons. The molecule has 0 atom stereocenters. The summed E-state index contributed by atoms with van der Waals surface area (Å²) in [6, 6.07) is 0. The van der Waals surface area contributed by atoms with Gasteiger partial charge in [-0.3, -0.25) is 0 Å². The first-order valence-electron chi connectivity index (χ1n) is 2.52. The molecule has 14 heavy (non-hydrogen) atoms. The molecule has 0 rings (SSSR count). The molecule has 9 heteroatoms. The predicted molar refractivity (Wildman–Crippen MR) is 55.5 cm³/mol. The average molecular weight is 292 g/mol. The second kappa shape index (κ2) is 104. The first-order valence-corrected chi connectivity index (χ1v) is 2.52. The Labute approximate surface area is 100 Å². The summed E-state index contributed by atoms with van der Waals surface area (Å²) in [5.41, 5.74) is 0. The van der Waals surface area contributed by atoms with Gasteiger partial charge < -0.3 is 38.0 Å². The molecule has 0 unspecified atom stereocenters. The first-order chi connectivity index (χ1) is 2.91. The van der Waals surface area contributed by atoms with Crippen LogP contribution in [-0.2, 0) is 16.8 Å². The number of aliphatic hydroxyl groups is 1. The molecule has 13 N–H and O–H groups in total. The van der Waals surface area contributed by atoms with Crippen LogP contribution in [0.25, 0.3) is 0 Å². The fraction of sp³-hybridized carbons (Fsp3) is 1.00. The number of unbranched alkanes of at least 4 members (excludes halogenated alkanes) is 2. The first kappa shape index (κ1) is 87.1. The number of rotatable bonds is 3. The van der Waals surface area contributed by atoms with Crippen LogP contribution < -0.4 is 0 Å². The van der Waals surface area contributed by atoms with E-state index in [0.29, 0.717) is 6.61 Å². The van der Waals surface area contributed by atoms with Crippen LogP contribution in [-0.4, -0.2) is 44.6 Å². The van der Waals surface area contributed by atoms with Gasteiger partial charge in [0.1, 0.15) is 0 Å². The van der Waals surface area contributed by atoms with E-state index < -0.39 is 0 Å². The maximum atomic E-state index is 8.20. The molecular weight excluding hydrogens is 266 g/mol. The molecule has 0 aliphatic heterocycles. The fourth-order valence-electron chi connectivity index (χ4n) is 0.362. The van der Waals surface area contributed by atoms with E-state index in [1.807, 2.05) is 0 Å². The van der Waals surface area contributed by atoms with E-state index in [1.54, 1.807) is 0 Å². The van der Waals surface area contributed by atoms with Gasteiger partial charge in [-0.2, -0.15) is 0 Å². The van der Waals surface area contributed by atoms with Gasteiger partial charge in [0.05, 0.1) is 0 Å². The molecule has 103 valence electrons. The number of halogens is 1. The zero-order valence-electron chi connectivity index (χ0n) is 8.02. The third kappa shape index (κ3) is 134. The van der Waals surface area contributed by atoms with Crippen molar-refractivity contribution in [2.45, 2.75) is 26.2 Å². The summed E-state index contributed by atoms with van der Waals surface area (Å²) in [5, 5.41) is 8.20. The zero-order chi connectivity index (χ0) is 4.83. The number of hydrogen-bond donors (Lipinski definition) is 1. The van der Waals surface area contributed by atoms with E-state index in [0.717, 1.165) is 12.8 Å². The molecule has 0 aliphatic carbocycles. The molecule has 0 bridgehead atoms. The van der Waals surface area contributed by atoms with Crippen molar-refractivity contribution in [3.63, 3.8) is 0 Å². The Morgan fingerprint density at radius 2 is 1.07 bits per heavy atom. The normalized spacial score (nSPS) is 3.86. The van der Waals surface area contributed by atoms with Crippen molar-refractivity contribution in [2.24, 2.45) is 0 Å². The van der Waals surface area contributed by atoms with Crippen molar-refractivity contribution in [1.82, 2.24) is 0 Å². The van der Waals surface area contributed by atoms with Crippen LogP contribution >= 0.6 is 12.4 Å². The van der Waals surface area contributed by atoms with Crippen molar-refractivity contribution in [2.75, 3.05) is 6.61 Å². The Kier molecular flexibility index (Phi) is 646. The number of aliphatic hydroxyl groups excluding tert-OH is 1. The SMILES string of the molecule is CCCCCO.Cl.O.O.O.O.O.O.[Co]. The van der Waals surface area contributed by atoms with Gasteiger partial charge in [-0.05, 0) is 6.42 Å². The average Bonchev–Trinajstić information content (AvgIpc) is 1.61. The van der Waals surface area contributed by atoms with E-state index in [9.17, 15) is 0 Å². The van der Waals surface area contributed by atoms with E-state index in [-0.39, 0.29) is 62.0 Å². The van der Waals surface area contributed by atoms with Crippen molar-refractivity contribution in [1.29, 1.82) is 0 Å². The summed E-state index contributed by atoms with van der Waals surface area (Å²) in [6.45, 7) is 2.48. The van der Waals surface area contributed by atoms with E-state index in [4.69, 9.17) is 5.11 Å². The molecule has 0 fully saturated rings. The van der Waals surface area contributed by atoms with Gasteiger partial charge in [-0.1, -0.05) is 19.8 Å². The minimum absolute atomic E-state index is 0. The molecular formula is C5H25ClCoO7. The predicted octanol–water partition coefficient (Wildman–Crippen LogP) is -3.36. The maximum Gasteiger partial charge on any atom is 0.0431 e.